The van der Waals surface area contributed by atoms with Gasteiger partial charge in [0.15, 0.2) is 0 Å². The third-order valence-corrected chi connectivity index (χ3v) is 6.60. The molecule has 6 nitrogen and oxygen atoms in total. The van der Waals surface area contributed by atoms with Crippen LogP contribution in [0, 0.1) is 0 Å². The van der Waals surface area contributed by atoms with E-state index in [9.17, 15) is 9.59 Å². The second-order valence-corrected chi connectivity index (χ2v) is 8.54. The first-order valence-corrected chi connectivity index (χ1v) is 11.2. The Morgan fingerprint density at radius 1 is 0.897 bits per heavy atom. The van der Waals surface area contributed by atoms with E-state index in [1.807, 2.05) is 46.2 Å². The van der Waals surface area contributed by atoms with Crippen LogP contribution in [0.5, 0.6) is 0 Å². The minimum absolute atomic E-state index is 0.0550. The van der Waals surface area contributed by atoms with E-state index < -0.39 is 0 Å². The maximum atomic E-state index is 13.1. The van der Waals surface area contributed by atoms with Gasteiger partial charge in [-0.05, 0) is 37.1 Å². The number of nitrogens with zero attached hydrogens (tertiary/aromatic N) is 3. The zero-order chi connectivity index (χ0) is 20.1. The van der Waals surface area contributed by atoms with Crippen LogP contribution in [-0.4, -0.2) is 71.5 Å². The molecule has 3 heterocycles. The summed E-state index contributed by atoms with van der Waals surface area (Å²) in [6.45, 7) is 5.56. The molecule has 2 amide bonds. The molecule has 0 atom stereocenters. The highest BCUT2D eigenvalue weighted by atomic mass is 32.2. The number of carbonyl (C=O) groups is 2. The lowest BCUT2D eigenvalue weighted by atomic mass is 10.1. The number of benzene rings is 1. The second-order valence-electron chi connectivity index (χ2n) is 7.52. The van der Waals surface area contributed by atoms with E-state index in [0.717, 1.165) is 56.2 Å². The average molecular weight is 414 g/mol. The maximum absolute atomic E-state index is 13.1. The van der Waals surface area contributed by atoms with Gasteiger partial charge in [-0.2, -0.15) is 0 Å². The summed E-state index contributed by atoms with van der Waals surface area (Å²) in [5.41, 5.74) is 0.700. The van der Waals surface area contributed by atoms with Gasteiger partial charge in [-0.1, -0.05) is 12.1 Å². The molecule has 2 saturated heterocycles. The largest absolute Gasteiger partial charge is 0.468 e. The van der Waals surface area contributed by atoms with E-state index >= 15 is 0 Å². The number of piperazine rings is 1. The quantitative estimate of drug-likeness (QED) is 0.682. The van der Waals surface area contributed by atoms with Crippen LogP contribution in [0.4, 0.5) is 0 Å². The van der Waals surface area contributed by atoms with Gasteiger partial charge in [0.25, 0.3) is 5.91 Å². The van der Waals surface area contributed by atoms with E-state index in [1.54, 1.807) is 6.26 Å². The van der Waals surface area contributed by atoms with Crippen molar-refractivity contribution in [2.45, 2.75) is 24.3 Å². The lowest BCUT2D eigenvalue weighted by molar-refractivity contribution is -0.127. The fourth-order valence-electron chi connectivity index (χ4n) is 3.87. The van der Waals surface area contributed by atoms with Crippen molar-refractivity contribution in [3.63, 3.8) is 0 Å². The first-order valence-electron chi connectivity index (χ1n) is 10.2. The average Bonchev–Trinajstić information content (AvgIpc) is 3.47. The fraction of sp³-hybridized carbons (Fsp3) is 0.455. The topological polar surface area (TPSA) is 57.0 Å². The molecule has 29 heavy (non-hydrogen) atoms. The number of furan rings is 1. The van der Waals surface area contributed by atoms with Gasteiger partial charge in [0.05, 0.1) is 24.1 Å². The van der Waals surface area contributed by atoms with Crippen LogP contribution < -0.4 is 0 Å². The molecular formula is C22H27N3O3S. The number of hydrogen-bond donors (Lipinski definition) is 0. The van der Waals surface area contributed by atoms with Gasteiger partial charge in [-0.25, -0.2) is 0 Å². The molecule has 4 rings (SSSR count). The van der Waals surface area contributed by atoms with Crippen LogP contribution >= 0.6 is 11.8 Å². The molecule has 7 heteroatoms. The minimum atomic E-state index is 0.0550. The zero-order valence-corrected chi connectivity index (χ0v) is 17.4. The van der Waals surface area contributed by atoms with Gasteiger partial charge >= 0.3 is 0 Å². The van der Waals surface area contributed by atoms with Gasteiger partial charge in [-0.15, -0.1) is 11.8 Å². The third-order valence-electron chi connectivity index (χ3n) is 5.55. The molecule has 0 unspecified atom stereocenters. The maximum Gasteiger partial charge on any atom is 0.255 e. The molecule has 0 radical (unpaired) electrons. The summed E-state index contributed by atoms with van der Waals surface area (Å²) < 4.78 is 5.42. The van der Waals surface area contributed by atoms with Crippen molar-refractivity contribution in [3.8, 4) is 0 Å². The molecule has 2 fully saturated rings. The van der Waals surface area contributed by atoms with Crippen molar-refractivity contribution < 1.29 is 14.0 Å². The molecule has 0 saturated carbocycles. The Morgan fingerprint density at radius 2 is 1.66 bits per heavy atom. The van der Waals surface area contributed by atoms with Crippen LogP contribution in [0.15, 0.2) is 52.0 Å². The number of carbonyl (C=O) groups excluding carboxylic acids is 2. The Morgan fingerprint density at radius 3 is 2.38 bits per heavy atom. The molecule has 2 aliphatic rings. The molecule has 1 aromatic heterocycles. The normalized spacial score (nSPS) is 17.7. The molecule has 2 aromatic rings. The molecule has 1 aromatic carbocycles. The summed E-state index contributed by atoms with van der Waals surface area (Å²) in [5, 5.41) is 0. The Balaban J connectivity index is 1.33. The van der Waals surface area contributed by atoms with Gasteiger partial charge in [0, 0.05) is 44.2 Å². The summed E-state index contributed by atoms with van der Waals surface area (Å²) >= 11 is 1.48. The van der Waals surface area contributed by atoms with E-state index in [2.05, 4.69) is 4.90 Å². The number of likely N-dealkylation sites (tertiary alicyclic amines) is 1. The van der Waals surface area contributed by atoms with Crippen molar-refractivity contribution in [2.24, 2.45) is 0 Å². The lowest BCUT2D eigenvalue weighted by Gasteiger charge is -2.34. The smallest absolute Gasteiger partial charge is 0.255 e. The van der Waals surface area contributed by atoms with Gasteiger partial charge in [0.2, 0.25) is 5.91 Å². The number of amides is 2. The summed E-state index contributed by atoms with van der Waals surface area (Å²) in [4.78, 5) is 32.5. The summed E-state index contributed by atoms with van der Waals surface area (Å²) in [5.74, 6) is 1.57. The monoisotopic (exact) mass is 413 g/mol. The highest BCUT2D eigenvalue weighted by Crippen LogP contribution is 2.25. The summed E-state index contributed by atoms with van der Waals surface area (Å²) in [6, 6.07) is 11.5. The predicted octanol–water partition coefficient (Wildman–Crippen LogP) is 2.95. The minimum Gasteiger partial charge on any atom is -0.468 e. The first kappa shape index (κ1) is 20.0. The third kappa shape index (κ3) is 5.03. The Kier molecular flexibility index (Phi) is 6.56. The molecular weight excluding hydrogens is 386 g/mol. The lowest BCUT2D eigenvalue weighted by Crippen LogP contribution is -2.48. The van der Waals surface area contributed by atoms with E-state index in [4.69, 9.17) is 4.42 Å². The van der Waals surface area contributed by atoms with Crippen molar-refractivity contribution in [2.75, 3.05) is 45.0 Å². The Hall–Kier alpha value is -2.25. The fourth-order valence-corrected chi connectivity index (χ4v) is 4.82. The molecule has 0 spiro atoms. The molecule has 0 aliphatic carbocycles. The molecule has 2 aliphatic heterocycles. The van der Waals surface area contributed by atoms with Gasteiger partial charge < -0.3 is 14.2 Å². The van der Waals surface area contributed by atoms with Crippen LogP contribution in [0.1, 0.15) is 29.0 Å². The Labute approximate surface area is 175 Å². The van der Waals surface area contributed by atoms with Crippen LogP contribution in [-0.2, 0) is 11.3 Å². The van der Waals surface area contributed by atoms with Crippen LogP contribution in [0.3, 0.4) is 0 Å². The van der Waals surface area contributed by atoms with Crippen LogP contribution in [0.25, 0.3) is 0 Å². The summed E-state index contributed by atoms with van der Waals surface area (Å²) in [6.07, 6.45) is 3.88. The first-order chi connectivity index (χ1) is 14.2. The van der Waals surface area contributed by atoms with Crippen molar-refractivity contribution in [3.05, 3.63) is 54.0 Å². The molecule has 154 valence electrons. The van der Waals surface area contributed by atoms with Crippen molar-refractivity contribution >= 4 is 23.6 Å². The number of thioether (sulfide) groups is 1. The zero-order valence-electron chi connectivity index (χ0n) is 16.6. The standard InChI is InChI=1S/C22H27N3O3S/c26-21(24-9-3-4-10-24)17-29-20-8-2-1-7-19(20)22(27)25-13-11-23(12-14-25)16-18-6-5-15-28-18/h1-2,5-8,15H,3-4,9-14,16-17H2. The second kappa shape index (κ2) is 9.50. The van der Waals surface area contributed by atoms with E-state index in [0.29, 0.717) is 24.4 Å². The number of rotatable bonds is 6. The van der Waals surface area contributed by atoms with Crippen molar-refractivity contribution in [1.82, 2.24) is 14.7 Å². The van der Waals surface area contributed by atoms with Crippen molar-refractivity contribution in [1.29, 1.82) is 0 Å². The molecule has 0 bridgehead atoms. The Bertz CT molecular complexity index is 826. The van der Waals surface area contributed by atoms with Crippen LogP contribution in [0.2, 0.25) is 0 Å². The number of hydrogen-bond acceptors (Lipinski definition) is 5. The van der Waals surface area contributed by atoms with E-state index in [-0.39, 0.29) is 11.8 Å². The highest BCUT2D eigenvalue weighted by Gasteiger charge is 2.25. The molecule has 0 N–H and O–H groups in total. The van der Waals surface area contributed by atoms with Gasteiger partial charge in [-0.3, -0.25) is 14.5 Å². The summed E-state index contributed by atoms with van der Waals surface area (Å²) in [7, 11) is 0. The predicted molar refractivity (Wildman–Crippen MR) is 113 cm³/mol. The van der Waals surface area contributed by atoms with E-state index in [1.165, 1.54) is 11.8 Å². The van der Waals surface area contributed by atoms with Gasteiger partial charge in [0.1, 0.15) is 5.76 Å². The SMILES string of the molecule is O=C(CSc1ccccc1C(=O)N1CCN(Cc2ccco2)CC1)N1CCCC1. The highest BCUT2D eigenvalue weighted by molar-refractivity contribution is 8.00.